The lowest BCUT2D eigenvalue weighted by molar-refractivity contribution is -0.136. The fraction of sp³-hybridized carbons (Fsp3) is 0.619. The minimum Gasteiger partial charge on any atom is -0.497 e. The predicted molar refractivity (Wildman–Crippen MR) is 102 cm³/mol. The molecular formula is C21H29FN2O4. The molecule has 2 fully saturated rings. The molecule has 1 aromatic rings. The Morgan fingerprint density at radius 3 is 2.89 bits per heavy atom. The molecule has 2 heterocycles. The highest BCUT2D eigenvalue weighted by molar-refractivity contribution is 5.80. The van der Waals surface area contributed by atoms with Crippen molar-refractivity contribution in [3.05, 3.63) is 29.6 Å². The van der Waals surface area contributed by atoms with Crippen LogP contribution in [0.25, 0.3) is 0 Å². The summed E-state index contributed by atoms with van der Waals surface area (Å²) in [4.78, 5) is 26.5. The first-order valence-corrected chi connectivity index (χ1v) is 10.00. The maximum atomic E-state index is 14.4. The Bertz CT molecular complexity index is 726. The van der Waals surface area contributed by atoms with Crippen LogP contribution in [0.3, 0.4) is 0 Å². The molecule has 1 aromatic carbocycles. The summed E-state index contributed by atoms with van der Waals surface area (Å²) in [5.74, 6) is 0.00528. The van der Waals surface area contributed by atoms with E-state index < -0.39 is 5.54 Å². The van der Waals surface area contributed by atoms with Gasteiger partial charge in [-0.25, -0.2) is 4.39 Å². The van der Waals surface area contributed by atoms with Crippen LogP contribution in [0.5, 0.6) is 5.75 Å². The summed E-state index contributed by atoms with van der Waals surface area (Å²) in [6.45, 7) is 0.640. The van der Waals surface area contributed by atoms with Gasteiger partial charge in [0.05, 0.1) is 19.8 Å². The van der Waals surface area contributed by atoms with Crippen LogP contribution in [-0.2, 0) is 16.0 Å². The summed E-state index contributed by atoms with van der Waals surface area (Å²) in [6, 6.07) is 4.60. The smallest absolute Gasteiger partial charge is 0.222 e. The van der Waals surface area contributed by atoms with Crippen LogP contribution in [0.1, 0.15) is 50.5 Å². The van der Waals surface area contributed by atoms with Crippen LogP contribution in [0, 0.1) is 5.82 Å². The van der Waals surface area contributed by atoms with Crippen molar-refractivity contribution in [1.29, 1.82) is 0 Å². The monoisotopic (exact) mass is 392 g/mol. The first-order valence-electron chi connectivity index (χ1n) is 10.00. The van der Waals surface area contributed by atoms with Gasteiger partial charge in [-0.1, -0.05) is 6.07 Å². The Labute approximate surface area is 165 Å². The van der Waals surface area contributed by atoms with Gasteiger partial charge in [-0.05, 0) is 50.2 Å². The third-order valence-electron chi connectivity index (χ3n) is 6.00. The Hall–Kier alpha value is -2.15. The number of ether oxygens (including phenoxy) is 1. The van der Waals surface area contributed by atoms with Gasteiger partial charge >= 0.3 is 0 Å². The van der Waals surface area contributed by atoms with Crippen LogP contribution < -0.4 is 10.1 Å². The Balaban J connectivity index is 1.70. The van der Waals surface area contributed by atoms with Gasteiger partial charge < -0.3 is 20.1 Å². The van der Waals surface area contributed by atoms with E-state index in [4.69, 9.17) is 4.74 Å². The number of halogens is 1. The molecule has 154 valence electrons. The number of carbonyl (C=O) groups is 2. The minimum atomic E-state index is -0.618. The first kappa shape index (κ1) is 20.6. The molecule has 2 amide bonds. The third kappa shape index (κ3) is 4.63. The zero-order valence-electron chi connectivity index (χ0n) is 16.4. The van der Waals surface area contributed by atoms with Gasteiger partial charge in [0.1, 0.15) is 11.6 Å². The van der Waals surface area contributed by atoms with Crippen LogP contribution in [-0.4, -0.2) is 53.7 Å². The average molecular weight is 392 g/mol. The number of carbonyl (C=O) groups excluding carboxylic acids is 2. The molecule has 2 N–H and O–H groups in total. The van der Waals surface area contributed by atoms with Crippen molar-refractivity contribution >= 4 is 11.8 Å². The number of amides is 2. The van der Waals surface area contributed by atoms with Crippen molar-refractivity contribution < 1.29 is 23.8 Å². The summed E-state index contributed by atoms with van der Waals surface area (Å²) in [7, 11) is 1.49. The number of hydrogen-bond donors (Lipinski definition) is 2. The summed E-state index contributed by atoms with van der Waals surface area (Å²) in [5, 5.41) is 12.5. The number of benzene rings is 1. The fourth-order valence-corrected chi connectivity index (χ4v) is 4.35. The number of aliphatic hydroxyl groups excluding tert-OH is 1. The van der Waals surface area contributed by atoms with E-state index in [0.717, 1.165) is 19.3 Å². The van der Waals surface area contributed by atoms with Crippen LogP contribution >= 0.6 is 0 Å². The van der Waals surface area contributed by atoms with E-state index >= 15 is 0 Å². The van der Waals surface area contributed by atoms with Gasteiger partial charge in [0.25, 0.3) is 0 Å². The van der Waals surface area contributed by atoms with Crippen LogP contribution in [0.4, 0.5) is 4.39 Å². The second-order valence-corrected chi connectivity index (χ2v) is 7.88. The molecule has 0 radical (unpaired) electrons. The van der Waals surface area contributed by atoms with E-state index in [1.807, 2.05) is 0 Å². The molecule has 2 aliphatic rings. The number of nitrogens with one attached hydrogen (secondary N) is 1. The summed E-state index contributed by atoms with van der Waals surface area (Å²) < 4.78 is 19.5. The van der Waals surface area contributed by atoms with Crippen LogP contribution in [0.15, 0.2) is 18.2 Å². The third-order valence-corrected chi connectivity index (χ3v) is 6.00. The van der Waals surface area contributed by atoms with E-state index in [2.05, 4.69) is 5.32 Å². The Morgan fingerprint density at radius 2 is 2.25 bits per heavy atom. The van der Waals surface area contributed by atoms with E-state index in [-0.39, 0.29) is 36.7 Å². The van der Waals surface area contributed by atoms with Gasteiger partial charge in [-0.15, -0.1) is 0 Å². The SMILES string of the molecule is COc1ccc(C[C@@]2(CCC(=O)N3CCCC[C@H]3CO)CCC(=O)N2)c(F)c1. The van der Waals surface area contributed by atoms with Crippen molar-refractivity contribution in [2.75, 3.05) is 20.3 Å². The molecule has 6 nitrogen and oxygen atoms in total. The number of piperidine rings is 1. The van der Waals surface area contributed by atoms with E-state index in [9.17, 15) is 19.1 Å². The molecule has 0 bridgehead atoms. The molecule has 0 aliphatic carbocycles. The quantitative estimate of drug-likeness (QED) is 0.746. The van der Waals surface area contributed by atoms with Gasteiger partial charge in [0.15, 0.2) is 0 Å². The van der Waals surface area contributed by atoms with Crippen molar-refractivity contribution in [1.82, 2.24) is 10.2 Å². The van der Waals surface area contributed by atoms with Gasteiger partial charge in [-0.2, -0.15) is 0 Å². The topological polar surface area (TPSA) is 78.9 Å². The largest absolute Gasteiger partial charge is 0.497 e. The lowest BCUT2D eigenvalue weighted by Gasteiger charge is -2.36. The molecule has 2 aliphatic heterocycles. The number of hydrogen-bond acceptors (Lipinski definition) is 4. The zero-order valence-corrected chi connectivity index (χ0v) is 16.4. The van der Waals surface area contributed by atoms with E-state index in [0.29, 0.717) is 43.5 Å². The second kappa shape index (κ2) is 8.90. The number of aliphatic hydroxyl groups is 1. The first-order chi connectivity index (χ1) is 13.5. The molecule has 0 aromatic heterocycles. The summed E-state index contributed by atoms with van der Waals surface area (Å²) >= 11 is 0. The molecular weight excluding hydrogens is 363 g/mol. The standard InChI is InChI=1S/C21H29FN2O4/c1-28-17-6-5-15(18(22)12-17)13-21(9-7-19(26)23-21)10-8-20(27)24-11-3-2-4-16(24)14-25/h5-6,12,16,25H,2-4,7-11,13-14H2,1H3,(H,23,26)/t16-,21-/m0/s1. The Kier molecular flexibility index (Phi) is 6.54. The number of methoxy groups -OCH3 is 1. The molecule has 3 rings (SSSR count). The highest BCUT2D eigenvalue weighted by atomic mass is 19.1. The zero-order chi connectivity index (χ0) is 20.1. The number of rotatable bonds is 7. The van der Waals surface area contributed by atoms with E-state index in [1.165, 1.54) is 13.2 Å². The molecule has 7 heteroatoms. The minimum absolute atomic E-state index is 0.00511. The molecule has 0 unspecified atom stereocenters. The molecule has 2 atom stereocenters. The maximum absolute atomic E-state index is 14.4. The van der Waals surface area contributed by atoms with Crippen molar-refractivity contribution in [2.45, 2.75) is 62.9 Å². The number of nitrogens with zero attached hydrogens (tertiary/aromatic N) is 1. The van der Waals surface area contributed by atoms with Crippen LogP contribution in [0.2, 0.25) is 0 Å². The van der Waals surface area contributed by atoms with Crippen molar-refractivity contribution in [3.8, 4) is 5.75 Å². The Morgan fingerprint density at radius 1 is 1.43 bits per heavy atom. The molecule has 0 spiro atoms. The normalized spacial score (nSPS) is 24.9. The van der Waals surface area contributed by atoms with Gasteiger partial charge in [0.2, 0.25) is 11.8 Å². The van der Waals surface area contributed by atoms with Crippen molar-refractivity contribution in [2.24, 2.45) is 0 Å². The van der Waals surface area contributed by atoms with Gasteiger partial charge in [0, 0.05) is 31.0 Å². The number of likely N-dealkylation sites (tertiary alicyclic amines) is 1. The predicted octanol–water partition coefficient (Wildman–Crippen LogP) is 2.18. The highest BCUT2D eigenvalue weighted by Crippen LogP contribution is 2.32. The summed E-state index contributed by atoms with van der Waals surface area (Å²) in [5.41, 5.74) is -0.117. The molecule has 0 saturated carbocycles. The van der Waals surface area contributed by atoms with Gasteiger partial charge in [-0.3, -0.25) is 9.59 Å². The van der Waals surface area contributed by atoms with E-state index in [1.54, 1.807) is 17.0 Å². The summed E-state index contributed by atoms with van der Waals surface area (Å²) in [6.07, 6.45) is 4.81. The fourth-order valence-electron chi connectivity index (χ4n) is 4.35. The second-order valence-electron chi connectivity index (χ2n) is 7.88. The average Bonchev–Trinajstić information content (AvgIpc) is 3.08. The molecule has 28 heavy (non-hydrogen) atoms. The highest BCUT2D eigenvalue weighted by Gasteiger charge is 2.39. The molecule has 2 saturated heterocycles. The van der Waals surface area contributed by atoms with Crippen molar-refractivity contribution in [3.63, 3.8) is 0 Å². The lowest BCUT2D eigenvalue weighted by Crippen LogP contribution is -2.48. The maximum Gasteiger partial charge on any atom is 0.222 e. The lowest BCUT2D eigenvalue weighted by atomic mass is 9.84.